The second kappa shape index (κ2) is 6.21. The van der Waals surface area contributed by atoms with Crippen LogP contribution in [-0.4, -0.2) is 24.6 Å². The molecule has 2 atom stereocenters. The van der Waals surface area contributed by atoms with E-state index in [-0.39, 0.29) is 11.2 Å². The van der Waals surface area contributed by atoms with Crippen molar-refractivity contribution in [2.75, 3.05) is 7.11 Å². The lowest BCUT2D eigenvalue weighted by Crippen LogP contribution is -2.39. The highest BCUT2D eigenvalue weighted by Crippen LogP contribution is 2.48. The lowest BCUT2D eigenvalue weighted by molar-refractivity contribution is -0.143. The van der Waals surface area contributed by atoms with Crippen LogP contribution in [0, 0.1) is 17.2 Å². The number of rotatable bonds is 2. The third-order valence-electron chi connectivity index (χ3n) is 5.00. The number of hydrogen-bond acceptors (Lipinski definition) is 4. The van der Waals surface area contributed by atoms with Crippen molar-refractivity contribution in [3.63, 3.8) is 0 Å². The van der Waals surface area contributed by atoms with Crippen LogP contribution in [0.2, 0.25) is 0 Å². The van der Waals surface area contributed by atoms with E-state index in [4.69, 9.17) is 4.74 Å². The molecule has 1 aliphatic carbocycles. The van der Waals surface area contributed by atoms with E-state index in [2.05, 4.69) is 4.99 Å². The van der Waals surface area contributed by atoms with Crippen molar-refractivity contribution in [1.29, 1.82) is 0 Å². The van der Waals surface area contributed by atoms with Crippen LogP contribution >= 0.6 is 0 Å². The Labute approximate surface area is 146 Å². The Bertz CT molecular complexity index is 807. The summed E-state index contributed by atoms with van der Waals surface area (Å²) in [6.45, 7) is 5.78. The first-order valence-corrected chi connectivity index (χ1v) is 8.39. The maximum Gasteiger partial charge on any atom is 0.315 e. The van der Waals surface area contributed by atoms with Crippen molar-refractivity contribution in [1.82, 2.24) is 0 Å². The maximum absolute atomic E-state index is 14.6. The Morgan fingerprint density at radius 1 is 1.28 bits per heavy atom. The fourth-order valence-electron chi connectivity index (χ4n) is 3.94. The number of Topliss-reactive ketones (excluding diaryl/α,β-unsaturated/α-hetero) is 1. The quantitative estimate of drug-likeness (QED) is 0.767. The molecule has 0 radical (unpaired) electrons. The molecule has 0 aromatic heterocycles. The van der Waals surface area contributed by atoms with E-state index >= 15 is 0 Å². The van der Waals surface area contributed by atoms with E-state index in [0.29, 0.717) is 35.4 Å². The topological polar surface area (TPSA) is 55.7 Å². The molecule has 0 fully saturated rings. The van der Waals surface area contributed by atoms with Crippen LogP contribution in [0.5, 0.6) is 0 Å². The zero-order valence-corrected chi connectivity index (χ0v) is 14.9. The first-order chi connectivity index (χ1) is 11.7. The van der Waals surface area contributed by atoms with E-state index in [1.165, 1.54) is 13.2 Å². The van der Waals surface area contributed by atoms with Gasteiger partial charge in [0.1, 0.15) is 11.7 Å². The summed E-state index contributed by atoms with van der Waals surface area (Å²) in [6.07, 6.45) is 0.990. The van der Waals surface area contributed by atoms with Crippen molar-refractivity contribution < 1.29 is 18.7 Å². The zero-order valence-electron chi connectivity index (χ0n) is 14.9. The fourth-order valence-corrected chi connectivity index (χ4v) is 3.94. The average Bonchev–Trinajstić information content (AvgIpc) is 2.52. The molecule has 1 aromatic rings. The molecule has 0 amide bonds. The van der Waals surface area contributed by atoms with Crippen molar-refractivity contribution in [2.24, 2.45) is 16.3 Å². The number of hydrogen-bond donors (Lipinski definition) is 0. The molecular formula is C20H22FNO3. The molecule has 3 rings (SSSR count). The maximum atomic E-state index is 14.6. The van der Waals surface area contributed by atoms with Crippen LogP contribution in [-0.2, 0) is 14.3 Å². The van der Waals surface area contributed by atoms with Gasteiger partial charge in [-0.15, -0.1) is 0 Å². The van der Waals surface area contributed by atoms with E-state index < -0.39 is 23.6 Å². The van der Waals surface area contributed by atoms with Crippen molar-refractivity contribution in [3.8, 4) is 0 Å². The van der Waals surface area contributed by atoms with E-state index in [1.54, 1.807) is 25.1 Å². The number of halogens is 1. The molecule has 0 saturated carbocycles. The minimum Gasteiger partial charge on any atom is -0.468 e. The Hall–Kier alpha value is -2.30. The molecule has 1 unspecified atom stereocenters. The fraction of sp³-hybridized carbons (Fsp3) is 0.450. The lowest BCUT2D eigenvalue weighted by Gasteiger charge is -2.38. The number of ether oxygens (including phenoxy) is 1. The van der Waals surface area contributed by atoms with Crippen LogP contribution in [0.25, 0.3) is 0 Å². The molecule has 132 valence electrons. The standard InChI is InChI=1S/C20H22FNO3/c1-11-16(19(24)25-4)17(12-7-5-6-8-13(12)21)18-14(22-11)9-20(2,3)10-15(18)23/h5-8,16-17H,9-10H2,1-4H3/t16?,17-/m1/s1. The third kappa shape index (κ3) is 3.03. The van der Waals surface area contributed by atoms with Gasteiger partial charge in [-0.05, 0) is 30.4 Å². The minimum absolute atomic E-state index is 0.0651. The van der Waals surface area contributed by atoms with Gasteiger partial charge >= 0.3 is 5.97 Å². The molecule has 1 aliphatic heterocycles. The lowest BCUT2D eigenvalue weighted by atomic mass is 9.67. The van der Waals surface area contributed by atoms with Gasteiger partial charge < -0.3 is 4.74 Å². The number of ketones is 1. The molecule has 0 bridgehead atoms. The zero-order chi connectivity index (χ0) is 18.4. The highest BCUT2D eigenvalue weighted by atomic mass is 19.1. The summed E-state index contributed by atoms with van der Waals surface area (Å²) < 4.78 is 19.5. The second-order valence-electron chi connectivity index (χ2n) is 7.55. The Kier molecular flexibility index (Phi) is 4.35. The highest BCUT2D eigenvalue weighted by Gasteiger charge is 2.46. The van der Waals surface area contributed by atoms with Crippen molar-refractivity contribution in [3.05, 3.63) is 46.9 Å². The van der Waals surface area contributed by atoms with Gasteiger partial charge in [0.05, 0.1) is 7.11 Å². The van der Waals surface area contributed by atoms with Crippen LogP contribution in [0.1, 0.15) is 45.1 Å². The van der Waals surface area contributed by atoms with Crippen LogP contribution < -0.4 is 0 Å². The number of esters is 1. The van der Waals surface area contributed by atoms with Crippen LogP contribution in [0.15, 0.2) is 40.5 Å². The number of nitrogens with zero attached hydrogens (tertiary/aromatic N) is 1. The number of aliphatic imine (C=N–C) groups is 1. The monoisotopic (exact) mass is 343 g/mol. The van der Waals surface area contributed by atoms with Gasteiger partial charge in [0, 0.05) is 29.3 Å². The average molecular weight is 343 g/mol. The highest BCUT2D eigenvalue weighted by molar-refractivity contribution is 6.09. The Morgan fingerprint density at radius 2 is 1.96 bits per heavy atom. The number of carbonyl (C=O) groups is 2. The van der Waals surface area contributed by atoms with Gasteiger partial charge in [-0.1, -0.05) is 32.0 Å². The second-order valence-corrected chi connectivity index (χ2v) is 7.55. The van der Waals surface area contributed by atoms with E-state index in [9.17, 15) is 14.0 Å². The predicted octanol–water partition coefficient (Wildman–Crippen LogP) is 3.82. The first-order valence-electron chi connectivity index (χ1n) is 8.39. The third-order valence-corrected chi connectivity index (χ3v) is 5.00. The van der Waals surface area contributed by atoms with Crippen molar-refractivity contribution >= 4 is 17.5 Å². The Morgan fingerprint density at radius 3 is 2.60 bits per heavy atom. The molecular weight excluding hydrogens is 321 g/mol. The summed E-state index contributed by atoms with van der Waals surface area (Å²) in [5, 5.41) is 0. The molecule has 5 heteroatoms. The first kappa shape index (κ1) is 17.5. The van der Waals surface area contributed by atoms with Gasteiger partial charge in [0.15, 0.2) is 5.78 Å². The van der Waals surface area contributed by atoms with E-state index in [0.717, 1.165) is 0 Å². The van der Waals surface area contributed by atoms with Gasteiger partial charge in [0.25, 0.3) is 0 Å². The predicted molar refractivity (Wildman–Crippen MR) is 92.8 cm³/mol. The summed E-state index contributed by atoms with van der Waals surface area (Å²) >= 11 is 0. The number of benzene rings is 1. The van der Waals surface area contributed by atoms with E-state index in [1.807, 2.05) is 13.8 Å². The van der Waals surface area contributed by atoms with Crippen molar-refractivity contribution in [2.45, 2.75) is 39.5 Å². The van der Waals surface area contributed by atoms with Crippen LogP contribution in [0.4, 0.5) is 4.39 Å². The summed E-state index contributed by atoms with van der Waals surface area (Å²) in [7, 11) is 1.30. The smallest absolute Gasteiger partial charge is 0.315 e. The number of allylic oxidation sites excluding steroid dienone is 2. The van der Waals surface area contributed by atoms with Gasteiger partial charge in [-0.25, -0.2) is 4.39 Å². The summed E-state index contributed by atoms with van der Waals surface area (Å²) in [4.78, 5) is 29.9. The normalized spacial score (nSPS) is 25.3. The SMILES string of the molecule is COC(=O)C1C(C)=NC2=C(C(=O)CC(C)(C)C2)[C@@H]1c1ccccc1F. The Balaban J connectivity index is 2.23. The van der Waals surface area contributed by atoms with Crippen LogP contribution in [0.3, 0.4) is 0 Å². The molecule has 0 saturated heterocycles. The molecule has 1 aromatic carbocycles. The molecule has 0 spiro atoms. The number of methoxy groups -OCH3 is 1. The molecule has 4 nitrogen and oxygen atoms in total. The summed E-state index contributed by atoms with van der Waals surface area (Å²) in [6, 6.07) is 6.29. The molecule has 1 heterocycles. The largest absolute Gasteiger partial charge is 0.468 e. The minimum atomic E-state index is -0.786. The van der Waals surface area contributed by atoms with Gasteiger partial charge in [-0.2, -0.15) is 0 Å². The number of carbonyl (C=O) groups excluding carboxylic acids is 2. The van der Waals surface area contributed by atoms with Gasteiger partial charge in [-0.3, -0.25) is 14.6 Å². The van der Waals surface area contributed by atoms with Gasteiger partial charge in [0.2, 0.25) is 0 Å². The molecule has 0 N–H and O–H groups in total. The summed E-state index contributed by atoms with van der Waals surface area (Å²) in [5.41, 5.74) is 1.84. The molecule has 2 aliphatic rings. The molecule has 25 heavy (non-hydrogen) atoms. The summed E-state index contributed by atoms with van der Waals surface area (Å²) in [5.74, 6) is -2.47.